The molecule has 0 spiro atoms. The lowest BCUT2D eigenvalue weighted by Crippen LogP contribution is -2.60. The molecule has 8 nitrogen and oxygen atoms in total. The third-order valence-electron chi connectivity index (χ3n) is 7.15. The van der Waals surface area contributed by atoms with E-state index in [0.717, 1.165) is 18.2 Å². The maximum Gasteiger partial charge on any atom is 0.162 e. The highest BCUT2D eigenvalue weighted by molar-refractivity contribution is 5.81. The van der Waals surface area contributed by atoms with Gasteiger partial charge < -0.3 is 15.0 Å². The van der Waals surface area contributed by atoms with E-state index >= 15 is 4.39 Å². The van der Waals surface area contributed by atoms with Crippen LogP contribution >= 0.6 is 0 Å². The molecular formula is C23H24FN7O. The third kappa shape index (κ3) is 2.84. The molecule has 2 N–H and O–H groups in total. The number of rotatable bonds is 3. The minimum absolute atomic E-state index is 0.0659. The minimum Gasteiger partial charge on any atom is -0.507 e. The quantitative estimate of drug-likeness (QED) is 0.513. The molecule has 164 valence electrons. The predicted molar refractivity (Wildman–Crippen MR) is 117 cm³/mol. The smallest absolute Gasteiger partial charge is 0.162 e. The van der Waals surface area contributed by atoms with E-state index in [1.165, 1.54) is 0 Å². The number of aromatic hydroxyl groups is 1. The summed E-state index contributed by atoms with van der Waals surface area (Å²) in [7, 11) is 0. The van der Waals surface area contributed by atoms with E-state index in [4.69, 9.17) is 0 Å². The molecule has 0 amide bonds. The van der Waals surface area contributed by atoms with Crippen molar-refractivity contribution in [1.82, 2.24) is 35.1 Å². The van der Waals surface area contributed by atoms with Gasteiger partial charge in [0.25, 0.3) is 0 Å². The van der Waals surface area contributed by atoms with E-state index in [-0.39, 0.29) is 17.3 Å². The largest absolute Gasteiger partial charge is 0.507 e. The van der Waals surface area contributed by atoms with Crippen LogP contribution in [0.25, 0.3) is 28.0 Å². The second-order valence-electron chi connectivity index (χ2n) is 9.56. The van der Waals surface area contributed by atoms with Crippen LogP contribution in [-0.4, -0.2) is 52.1 Å². The van der Waals surface area contributed by atoms with Crippen LogP contribution in [0.4, 0.5) is 4.39 Å². The second kappa shape index (κ2) is 6.59. The standard InChI is InChI=1S/C23H24FN7O/c1-22-6-7-23(2,28-22)20(24)18(13-22)30-9-5-14-11-17(26-27-21(14)30)16-4-3-15(12-19(16)32)31-10-8-25-29-31/h3-5,8-12,18,20,28,32H,6-7,13H2,1-2H3/t18-,20-,22-,23+/m0/s1. The SMILES string of the molecule is C[C@@]12CC[C@@](C)(N1)[C@@H](F)[C@@H](n1ccc3cc(-c4ccc(-n5ccnn5)cc4O)nnc31)C2. The fourth-order valence-electron chi connectivity index (χ4n) is 5.52. The first-order valence-electron chi connectivity index (χ1n) is 10.8. The zero-order chi connectivity index (χ0) is 22.1. The number of alkyl halides is 1. The number of hydrogen-bond acceptors (Lipinski definition) is 6. The Balaban J connectivity index is 1.36. The van der Waals surface area contributed by atoms with Crippen molar-refractivity contribution in [2.75, 3.05) is 0 Å². The first-order chi connectivity index (χ1) is 15.4. The van der Waals surface area contributed by atoms with Crippen molar-refractivity contribution in [3.8, 4) is 22.7 Å². The Morgan fingerprint density at radius 3 is 2.78 bits per heavy atom. The molecule has 4 atom stereocenters. The topological polar surface area (TPSA) is 93.7 Å². The number of halogens is 1. The van der Waals surface area contributed by atoms with Gasteiger partial charge in [0.05, 0.1) is 29.8 Å². The Morgan fingerprint density at radius 1 is 1.12 bits per heavy atom. The fraction of sp³-hybridized carbons (Fsp3) is 0.391. The van der Waals surface area contributed by atoms with Crippen LogP contribution in [0.15, 0.2) is 48.9 Å². The summed E-state index contributed by atoms with van der Waals surface area (Å²) in [5, 5.41) is 31.5. The molecule has 5 heterocycles. The Morgan fingerprint density at radius 2 is 2.00 bits per heavy atom. The third-order valence-corrected chi connectivity index (χ3v) is 7.15. The summed E-state index contributed by atoms with van der Waals surface area (Å²) in [6.07, 6.45) is 6.69. The van der Waals surface area contributed by atoms with Gasteiger partial charge in [-0.15, -0.1) is 15.3 Å². The number of phenolic OH excluding ortho intramolecular Hbond substituents is 1. The van der Waals surface area contributed by atoms with Crippen LogP contribution in [0, 0.1) is 0 Å². The molecule has 2 aliphatic rings. The maximum atomic E-state index is 15.6. The molecule has 1 aromatic carbocycles. The number of fused-ring (bicyclic) bond motifs is 3. The maximum absolute atomic E-state index is 15.6. The van der Waals surface area contributed by atoms with Crippen molar-refractivity contribution in [1.29, 1.82) is 0 Å². The number of phenols is 1. The van der Waals surface area contributed by atoms with Crippen molar-refractivity contribution in [3.05, 3.63) is 48.9 Å². The summed E-state index contributed by atoms with van der Waals surface area (Å²) in [5.74, 6) is 0.0747. The van der Waals surface area contributed by atoms with Crippen LogP contribution in [0.1, 0.15) is 39.2 Å². The van der Waals surface area contributed by atoms with Crippen molar-refractivity contribution in [2.24, 2.45) is 0 Å². The van der Waals surface area contributed by atoms with E-state index in [1.54, 1.807) is 29.2 Å². The Hall–Kier alpha value is -3.33. The average Bonchev–Trinajstić information content (AvgIpc) is 3.50. The fourth-order valence-corrected chi connectivity index (χ4v) is 5.52. The normalized spacial score (nSPS) is 29.6. The molecule has 0 saturated carbocycles. The lowest BCUT2D eigenvalue weighted by Gasteiger charge is -2.45. The zero-order valence-corrected chi connectivity index (χ0v) is 17.9. The Kier molecular flexibility index (Phi) is 3.98. The van der Waals surface area contributed by atoms with Crippen LogP contribution in [0.5, 0.6) is 5.75 Å². The Labute approximate surface area is 184 Å². The van der Waals surface area contributed by atoms with E-state index in [1.807, 2.05) is 35.9 Å². The van der Waals surface area contributed by atoms with Gasteiger partial charge in [-0.3, -0.25) is 0 Å². The number of nitrogens with zero attached hydrogens (tertiary/aromatic N) is 6. The van der Waals surface area contributed by atoms with Crippen molar-refractivity contribution in [3.63, 3.8) is 0 Å². The van der Waals surface area contributed by atoms with Gasteiger partial charge in [-0.25, -0.2) is 9.07 Å². The van der Waals surface area contributed by atoms with Crippen LogP contribution in [0.2, 0.25) is 0 Å². The van der Waals surface area contributed by atoms with Crippen molar-refractivity contribution < 1.29 is 9.50 Å². The van der Waals surface area contributed by atoms with Gasteiger partial charge in [0.2, 0.25) is 0 Å². The van der Waals surface area contributed by atoms with Gasteiger partial charge in [-0.1, -0.05) is 5.21 Å². The Bertz CT molecular complexity index is 1320. The second-order valence-corrected chi connectivity index (χ2v) is 9.56. The zero-order valence-electron chi connectivity index (χ0n) is 17.9. The summed E-state index contributed by atoms with van der Waals surface area (Å²) in [4.78, 5) is 0. The van der Waals surface area contributed by atoms with Gasteiger partial charge in [-0.05, 0) is 57.4 Å². The van der Waals surface area contributed by atoms with E-state index in [0.29, 0.717) is 29.0 Å². The predicted octanol–water partition coefficient (Wildman–Crippen LogP) is 3.57. The molecule has 2 fully saturated rings. The van der Waals surface area contributed by atoms with Gasteiger partial charge in [0, 0.05) is 34.3 Å². The van der Waals surface area contributed by atoms with Gasteiger partial charge in [-0.2, -0.15) is 0 Å². The van der Waals surface area contributed by atoms with Crippen LogP contribution < -0.4 is 5.32 Å². The number of aromatic nitrogens is 6. The number of nitrogens with one attached hydrogen (secondary N) is 1. The molecule has 2 saturated heterocycles. The highest BCUT2D eigenvalue weighted by Crippen LogP contribution is 2.48. The summed E-state index contributed by atoms with van der Waals surface area (Å²) in [6, 6.07) is 8.76. The summed E-state index contributed by atoms with van der Waals surface area (Å²) in [5.41, 5.74) is 1.90. The minimum atomic E-state index is -1.01. The average molecular weight is 433 g/mol. The number of piperidine rings is 1. The molecule has 6 rings (SSSR count). The van der Waals surface area contributed by atoms with E-state index < -0.39 is 11.7 Å². The van der Waals surface area contributed by atoms with Crippen LogP contribution in [-0.2, 0) is 0 Å². The highest BCUT2D eigenvalue weighted by atomic mass is 19.1. The lowest BCUT2D eigenvalue weighted by molar-refractivity contribution is 0.0583. The molecule has 0 radical (unpaired) electrons. The monoisotopic (exact) mass is 433 g/mol. The molecular weight excluding hydrogens is 409 g/mol. The first kappa shape index (κ1) is 19.4. The lowest BCUT2D eigenvalue weighted by atomic mass is 9.83. The van der Waals surface area contributed by atoms with E-state index in [2.05, 4.69) is 32.7 Å². The molecule has 2 bridgehead atoms. The molecule has 9 heteroatoms. The number of hydrogen-bond donors (Lipinski definition) is 2. The molecule has 4 aromatic rings. The first-order valence-corrected chi connectivity index (χ1v) is 10.8. The molecule has 3 aromatic heterocycles. The van der Waals surface area contributed by atoms with Gasteiger partial charge in [0.1, 0.15) is 11.9 Å². The number of benzene rings is 1. The van der Waals surface area contributed by atoms with Crippen LogP contribution in [0.3, 0.4) is 0 Å². The molecule has 0 unspecified atom stereocenters. The van der Waals surface area contributed by atoms with Crippen molar-refractivity contribution in [2.45, 2.75) is 56.4 Å². The molecule has 32 heavy (non-hydrogen) atoms. The molecule has 0 aliphatic carbocycles. The summed E-state index contributed by atoms with van der Waals surface area (Å²) >= 11 is 0. The summed E-state index contributed by atoms with van der Waals surface area (Å²) < 4.78 is 19.1. The van der Waals surface area contributed by atoms with Gasteiger partial charge >= 0.3 is 0 Å². The molecule has 2 aliphatic heterocycles. The van der Waals surface area contributed by atoms with Crippen molar-refractivity contribution >= 4 is 11.0 Å². The highest BCUT2D eigenvalue weighted by Gasteiger charge is 2.55. The summed E-state index contributed by atoms with van der Waals surface area (Å²) in [6.45, 7) is 4.16. The van der Waals surface area contributed by atoms with Gasteiger partial charge in [0.15, 0.2) is 5.65 Å². The van der Waals surface area contributed by atoms with E-state index in [9.17, 15) is 5.11 Å².